The lowest BCUT2D eigenvalue weighted by Gasteiger charge is -2.16. The molecule has 1 aromatic carbocycles. The molecule has 0 amide bonds. The van der Waals surface area contributed by atoms with Gasteiger partial charge in [0.15, 0.2) is 0 Å². The van der Waals surface area contributed by atoms with Crippen molar-refractivity contribution in [1.82, 2.24) is 0 Å². The van der Waals surface area contributed by atoms with Crippen LogP contribution in [0, 0.1) is 0 Å². The Labute approximate surface area is 97.4 Å². The topological polar surface area (TPSA) is 26.0 Å². The highest BCUT2D eigenvalue weighted by atomic mass is 35.5. The molecule has 0 aliphatic heterocycles. The maximum Gasteiger partial charge on any atom is 0.417 e. The van der Waals surface area contributed by atoms with E-state index in [-0.39, 0.29) is 5.02 Å². The fourth-order valence-electron chi connectivity index (χ4n) is 1.52. The van der Waals surface area contributed by atoms with Crippen molar-refractivity contribution in [2.75, 3.05) is 0 Å². The Morgan fingerprint density at radius 3 is 2.50 bits per heavy atom. The van der Waals surface area contributed by atoms with E-state index < -0.39 is 17.8 Å². The van der Waals surface area contributed by atoms with E-state index in [4.69, 9.17) is 17.3 Å². The highest BCUT2D eigenvalue weighted by Gasteiger charge is 2.34. The van der Waals surface area contributed by atoms with E-state index in [1.165, 1.54) is 12.1 Å². The van der Waals surface area contributed by atoms with Crippen LogP contribution in [0.25, 0.3) is 0 Å². The summed E-state index contributed by atoms with van der Waals surface area (Å²) in [6.45, 7) is 1.92. The van der Waals surface area contributed by atoms with Gasteiger partial charge in [-0.05, 0) is 18.1 Å². The van der Waals surface area contributed by atoms with Gasteiger partial charge in [-0.25, -0.2) is 0 Å². The molecule has 0 radical (unpaired) electrons. The van der Waals surface area contributed by atoms with Gasteiger partial charge >= 0.3 is 6.18 Å². The molecule has 1 rings (SSSR count). The van der Waals surface area contributed by atoms with Crippen LogP contribution < -0.4 is 5.73 Å². The number of alkyl halides is 3. The Kier molecular flexibility index (Phi) is 4.21. The monoisotopic (exact) mass is 251 g/mol. The van der Waals surface area contributed by atoms with Crippen molar-refractivity contribution in [3.63, 3.8) is 0 Å². The Hall–Kier alpha value is -0.740. The maximum absolute atomic E-state index is 12.6. The Morgan fingerprint density at radius 1 is 1.38 bits per heavy atom. The molecule has 0 saturated carbocycles. The maximum atomic E-state index is 12.6. The van der Waals surface area contributed by atoms with Gasteiger partial charge in [-0.3, -0.25) is 0 Å². The average Bonchev–Trinajstić information content (AvgIpc) is 2.16. The van der Waals surface area contributed by atoms with Crippen LogP contribution in [-0.4, -0.2) is 0 Å². The summed E-state index contributed by atoms with van der Waals surface area (Å²) in [6.07, 6.45) is -3.02. The zero-order valence-corrected chi connectivity index (χ0v) is 9.57. The van der Waals surface area contributed by atoms with Crippen LogP contribution in [0.2, 0.25) is 5.02 Å². The molecule has 16 heavy (non-hydrogen) atoms. The van der Waals surface area contributed by atoms with Gasteiger partial charge in [0.1, 0.15) is 0 Å². The molecule has 0 saturated heterocycles. The van der Waals surface area contributed by atoms with E-state index >= 15 is 0 Å². The molecule has 0 aromatic heterocycles. The molecule has 90 valence electrons. The average molecular weight is 252 g/mol. The molecular formula is C11H13ClF3N. The minimum atomic E-state index is -4.43. The van der Waals surface area contributed by atoms with E-state index in [0.717, 1.165) is 12.5 Å². The highest BCUT2D eigenvalue weighted by molar-refractivity contribution is 6.32. The van der Waals surface area contributed by atoms with Crippen molar-refractivity contribution in [2.24, 2.45) is 5.73 Å². The van der Waals surface area contributed by atoms with Gasteiger partial charge in [0, 0.05) is 6.04 Å². The van der Waals surface area contributed by atoms with Crippen molar-refractivity contribution in [3.8, 4) is 0 Å². The molecule has 2 N–H and O–H groups in total. The minimum Gasteiger partial charge on any atom is -0.324 e. The summed E-state index contributed by atoms with van der Waals surface area (Å²) in [5.74, 6) is 0. The fourth-order valence-corrected chi connectivity index (χ4v) is 1.89. The van der Waals surface area contributed by atoms with Gasteiger partial charge in [0.2, 0.25) is 0 Å². The molecule has 0 unspecified atom stereocenters. The van der Waals surface area contributed by atoms with E-state index in [1.807, 2.05) is 6.92 Å². The molecule has 0 fully saturated rings. The van der Waals surface area contributed by atoms with Crippen LogP contribution in [-0.2, 0) is 6.18 Å². The second-order valence-corrected chi connectivity index (χ2v) is 3.98. The summed E-state index contributed by atoms with van der Waals surface area (Å²) in [4.78, 5) is 0. The van der Waals surface area contributed by atoms with Crippen molar-refractivity contribution in [2.45, 2.75) is 32.0 Å². The van der Waals surface area contributed by atoms with Crippen molar-refractivity contribution < 1.29 is 13.2 Å². The molecule has 1 aromatic rings. The van der Waals surface area contributed by atoms with Gasteiger partial charge < -0.3 is 5.73 Å². The quantitative estimate of drug-likeness (QED) is 0.858. The number of rotatable bonds is 3. The molecule has 1 atom stereocenters. The number of benzene rings is 1. The lowest BCUT2D eigenvalue weighted by molar-refractivity contribution is -0.137. The van der Waals surface area contributed by atoms with E-state index in [1.54, 1.807) is 0 Å². The second-order valence-electron chi connectivity index (χ2n) is 3.60. The van der Waals surface area contributed by atoms with Crippen molar-refractivity contribution in [1.29, 1.82) is 0 Å². The van der Waals surface area contributed by atoms with Gasteiger partial charge in [-0.15, -0.1) is 0 Å². The summed E-state index contributed by atoms with van der Waals surface area (Å²) >= 11 is 5.72. The summed E-state index contributed by atoms with van der Waals surface area (Å²) in [5.41, 5.74) is 5.31. The van der Waals surface area contributed by atoms with Gasteiger partial charge in [-0.1, -0.05) is 37.1 Å². The first kappa shape index (κ1) is 13.3. The van der Waals surface area contributed by atoms with Crippen molar-refractivity contribution in [3.05, 3.63) is 34.3 Å². The largest absolute Gasteiger partial charge is 0.417 e. The lowest BCUT2D eigenvalue weighted by Crippen LogP contribution is -2.13. The van der Waals surface area contributed by atoms with Crippen LogP contribution in [0.15, 0.2) is 18.2 Å². The van der Waals surface area contributed by atoms with Gasteiger partial charge in [0.05, 0.1) is 10.6 Å². The number of hydrogen-bond acceptors (Lipinski definition) is 1. The first-order valence-electron chi connectivity index (χ1n) is 4.99. The minimum absolute atomic E-state index is 0.282. The van der Waals surface area contributed by atoms with E-state index in [9.17, 15) is 13.2 Å². The molecule has 5 heteroatoms. The molecule has 0 aliphatic rings. The standard InChI is InChI=1S/C11H13ClF3N/c1-2-4-9(16)7-5-3-6-8(10(7)12)11(13,14)15/h3,5-6,9H,2,4,16H2,1H3/t9-/m1/s1. The summed E-state index contributed by atoms with van der Waals surface area (Å²) in [7, 11) is 0. The predicted molar refractivity (Wildman–Crippen MR) is 58.3 cm³/mol. The Bertz CT molecular complexity index is 363. The van der Waals surface area contributed by atoms with Gasteiger partial charge in [-0.2, -0.15) is 13.2 Å². The molecule has 0 aliphatic carbocycles. The third-order valence-corrected chi connectivity index (χ3v) is 2.75. The second kappa shape index (κ2) is 5.06. The lowest BCUT2D eigenvalue weighted by atomic mass is 10.0. The van der Waals surface area contributed by atoms with Crippen LogP contribution >= 0.6 is 11.6 Å². The molecule has 0 heterocycles. The van der Waals surface area contributed by atoms with Crippen LogP contribution in [0.1, 0.15) is 36.9 Å². The number of nitrogens with two attached hydrogens (primary N) is 1. The molecular weight excluding hydrogens is 239 g/mol. The molecule has 1 nitrogen and oxygen atoms in total. The molecule has 0 bridgehead atoms. The van der Waals surface area contributed by atoms with Crippen LogP contribution in [0.5, 0.6) is 0 Å². The molecule has 0 spiro atoms. The van der Waals surface area contributed by atoms with Crippen molar-refractivity contribution >= 4 is 11.6 Å². The Balaban J connectivity index is 3.14. The summed E-state index contributed by atoms with van der Waals surface area (Å²) in [6, 6.07) is 3.39. The SMILES string of the molecule is CCC[C@@H](N)c1cccc(C(F)(F)F)c1Cl. The zero-order valence-electron chi connectivity index (χ0n) is 8.81. The fraction of sp³-hybridized carbons (Fsp3) is 0.455. The number of hydrogen-bond donors (Lipinski definition) is 1. The van der Waals surface area contributed by atoms with Crippen LogP contribution in [0.3, 0.4) is 0 Å². The van der Waals surface area contributed by atoms with Crippen LogP contribution in [0.4, 0.5) is 13.2 Å². The van der Waals surface area contributed by atoms with Gasteiger partial charge in [0.25, 0.3) is 0 Å². The first-order chi connectivity index (χ1) is 7.38. The van der Waals surface area contributed by atoms with E-state index in [2.05, 4.69) is 0 Å². The predicted octanol–water partition coefficient (Wildman–Crippen LogP) is 4.16. The third kappa shape index (κ3) is 2.89. The Morgan fingerprint density at radius 2 is 2.00 bits per heavy atom. The zero-order chi connectivity index (χ0) is 12.3. The first-order valence-corrected chi connectivity index (χ1v) is 5.37. The third-order valence-electron chi connectivity index (χ3n) is 2.33. The normalized spacial score (nSPS) is 13.9. The summed E-state index contributed by atoms with van der Waals surface area (Å²) < 4.78 is 37.7. The van der Waals surface area contributed by atoms with E-state index in [0.29, 0.717) is 12.0 Å². The smallest absolute Gasteiger partial charge is 0.324 e. The highest BCUT2D eigenvalue weighted by Crippen LogP contribution is 2.38. The summed E-state index contributed by atoms with van der Waals surface area (Å²) in [5, 5.41) is -0.282. The number of halogens is 4.